The fourth-order valence-electron chi connectivity index (χ4n) is 1.57. The van der Waals surface area contributed by atoms with Gasteiger partial charge < -0.3 is 14.4 Å². The quantitative estimate of drug-likeness (QED) is 0.784. The van der Waals surface area contributed by atoms with Crippen LogP contribution in [0, 0.1) is 6.92 Å². The van der Waals surface area contributed by atoms with Gasteiger partial charge in [0, 0.05) is 20.2 Å². The lowest BCUT2D eigenvalue weighted by atomic mass is 10.4. The Kier molecular flexibility index (Phi) is 3.56. The molecule has 84 valence electrons. The van der Waals surface area contributed by atoms with Gasteiger partial charge in [-0.2, -0.15) is 0 Å². The van der Waals surface area contributed by atoms with E-state index >= 15 is 0 Å². The highest BCUT2D eigenvalue weighted by molar-refractivity contribution is 7.15. The number of hydrogen-bond acceptors (Lipinski definition) is 5. The molecule has 1 aliphatic heterocycles. The van der Waals surface area contributed by atoms with Gasteiger partial charge >= 0.3 is 0 Å². The number of rotatable bonds is 3. The number of morpholine rings is 1. The van der Waals surface area contributed by atoms with Crippen LogP contribution in [0.5, 0.6) is 0 Å². The molecule has 1 saturated heterocycles. The van der Waals surface area contributed by atoms with Crippen LogP contribution < -0.4 is 4.90 Å². The van der Waals surface area contributed by atoms with E-state index in [1.165, 1.54) is 4.88 Å². The topological polar surface area (TPSA) is 34.6 Å². The SMILES string of the molecule is COCc1sc(N2CCOCC2)nc1C. The Bertz CT molecular complexity index is 321. The van der Waals surface area contributed by atoms with Gasteiger partial charge in [-0.05, 0) is 6.92 Å². The molecule has 0 amide bonds. The van der Waals surface area contributed by atoms with Crippen molar-refractivity contribution in [1.82, 2.24) is 4.98 Å². The van der Waals surface area contributed by atoms with Crippen molar-refractivity contribution >= 4 is 16.5 Å². The molecule has 0 unspecified atom stereocenters. The molecule has 0 bridgehead atoms. The normalized spacial score (nSPS) is 17.1. The first kappa shape index (κ1) is 10.9. The van der Waals surface area contributed by atoms with Gasteiger partial charge in [-0.1, -0.05) is 11.3 Å². The van der Waals surface area contributed by atoms with Crippen LogP contribution in [0.2, 0.25) is 0 Å². The molecule has 0 radical (unpaired) electrons. The maximum absolute atomic E-state index is 5.32. The van der Waals surface area contributed by atoms with E-state index in [-0.39, 0.29) is 0 Å². The first-order valence-electron chi connectivity index (χ1n) is 5.09. The third-order valence-electron chi connectivity index (χ3n) is 2.44. The van der Waals surface area contributed by atoms with E-state index in [1.54, 1.807) is 18.4 Å². The molecule has 1 aliphatic rings. The molecule has 5 heteroatoms. The summed E-state index contributed by atoms with van der Waals surface area (Å²) >= 11 is 1.72. The maximum atomic E-state index is 5.32. The van der Waals surface area contributed by atoms with Gasteiger partial charge in [-0.25, -0.2) is 4.98 Å². The number of nitrogens with zero attached hydrogens (tertiary/aromatic N) is 2. The van der Waals surface area contributed by atoms with Crippen LogP contribution in [0.15, 0.2) is 0 Å². The van der Waals surface area contributed by atoms with Crippen LogP contribution in [0.1, 0.15) is 10.6 Å². The third kappa shape index (κ3) is 2.48. The Morgan fingerprint density at radius 1 is 1.47 bits per heavy atom. The van der Waals surface area contributed by atoms with E-state index in [0.717, 1.165) is 37.1 Å². The van der Waals surface area contributed by atoms with Crippen molar-refractivity contribution in [1.29, 1.82) is 0 Å². The average molecular weight is 228 g/mol. The summed E-state index contributed by atoms with van der Waals surface area (Å²) in [5.74, 6) is 0. The number of anilines is 1. The van der Waals surface area contributed by atoms with Crippen LogP contribution in [0.3, 0.4) is 0 Å². The summed E-state index contributed by atoms with van der Waals surface area (Å²) in [5.41, 5.74) is 1.09. The second-order valence-corrected chi connectivity index (χ2v) is 4.60. The van der Waals surface area contributed by atoms with Gasteiger partial charge in [-0.15, -0.1) is 0 Å². The molecule has 0 saturated carbocycles. The molecule has 1 aromatic rings. The van der Waals surface area contributed by atoms with Crippen molar-refractivity contribution < 1.29 is 9.47 Å². The van der Waals surface area contributed by atoms with Crippen molar-refractivity contribution in [3.05, 3.63) is 10.6 Å². The van der Waals surface area contributed by atoms with Crippen molar-refractivity contribution in [3.63, 3.8) is 0 Å². The van der Waals surface area contributed by atoms with E-state index < -0.39 is 0 Å². The molecular weight excluding hydrogens is 212 g/mol. The molecule has 4 nitrogen and oxygen atoms in total. The van der Waals surface area contributed by atoms with Gasteiger partial charge in [0.05, 0.1) is 30.4 Å². The Hall–Kier alpha value is -0.650. The summed E-state index contributed by atoms with van der Waals surface area (Å²) < 4.78 is 10.5. The number of aromatic nitrogens is 1. The van der Waals surface area contributed by atoms with Crippen LogP contribution in [-0.4, -0.2) is 38.4 Å². The largest absolute Gasteiger partial charge is 0.379 e. The number of aryl methyl sites for hydroxylation is 1. The zero-order chi connectivity index (χ0) is 10.7. The van der Waals surface area contributed by atoms with E-state index in [2.05, 4.69) is 9.88 Å². The lowest BCUT2D eigenvalue weighted by Gasteiger charge is -2.26. The van der Waals surface area contributed by atoms with Crippen LogP contribution in [-0.2, 0) is 16.1 Å². The summed E-state index contributed by atoms with van der Waals surface area (Å²) in [7, 11) is 1.72. The summed E-state index contributed by atoms with van der Waals surface area (Å²) in [6, 6.07) is 0. The minimum absolute atomic E-state index is 0.661. The zero-order valence-corrected chi connectivity index (χ0v) is 9.97. The van der Waals surface area contributed by atoms with E-state index in [9.17, 15) is 0 Å². The molecule has 1 aromatic heterocycles. The Morgan fingerprint density at radius 3 is 2.87 bits per heavy atom. The number of hydrogen-bond donors (Lipinski definition) is 0. The lowest BCUT2D eigenvalue weighted by Crippen LogP contribution is -2.36. The molecule has 0 atom stereocenters. The van der Waals surface area contributed by atoms with Crippen molar-refractivity contribution in [2.75, 3.05) is 38.3 Å². The molecule has 15 heavy (non-hydrogen) atoms. The minimum atomic E-state index is 0.661. The molecular formula is C10H16N2O2S. The summed E-state index contributed by atoms with van der Waals surface area (Å²) in [6.45, 7) is 6.19. The fraction of sp³-hybridized carbons (Fsp3) is 0.700. The molecule has 0 aliphatic carbocycles. The summed E-state index contributed by atoms with van der Waals surface area (Å²) in [6.07, 6.45) is 0. The van der Waals surface area contributed by atoms with Crippen molar-refractivity contribution in [3.8, 4) is 0 Å². The first-order valence-corrected chi connectivity index (χ1v) is 5.91. The lowest BCUT2D eigenvalue weighted by molar-refractivity contribution is 0.122. The fourth-order valence-corrected chi connectivity index (χ4v) is 2.65. The smallest absolute Gasteiger partial charge is 0.186 e. The second kappa shape index (κ2) is 4.92. The van der Waals surface area contributed by atoms with Crippen LogP contribution >= 0.6 is 11.3 Å². The second-order valence-electron chi connectivity index (χ2n) is 3.54. The van der Waals surface area contributed by atoms with Crippen LogP contribution in [0.25, 0.3) is 0 Å². The average Bonchev–Trinajstić information content (AvgIpc) is 2.63. The molecule has 2 heterocycles. The Balaban J connectivity index is 2.10. The highest BCUT2D eigenvalue weighted by Gasteiger charge is 2.16. The van der Waals surface area contributed by atoms with Crippen LogP contribution in [0.4, 0.5) is 5.13 Å². The monoisotopic (exact) mass is 228 g/mol. The Labute approximate surface area is 93.8 Å². The molecule has 2 rings (SSSR count). The number of ether oxygens (including phenoxy) is 2. The highest BCUT2D eigenvalue weighted by atomic mass is 32.1. The standard InChI is InChI=1S/C10H16N2O2S/c1-8-9(7-13-2)15-10(11-8)12-3-5-14-6-4-12/h3-7H2,1-2H3. The number of thiazole rings is 1. The van der Waals surface area contributed by atoms with Gasteiger partial charge in [-0.3, -0.25) is 0 Å². The minimum Gasteiger partial charge on any atom is -0.379 e. The summed E-state index contributed by atoms with van der Waals surface area (Å²) in [5, 5.41) is 1.10. The van der Waals surface area contributed by atoms with Gasteiger partial charge in [0.1, 0.15) is 0 Å². The van der Waals surface area contributed by atoms with E-state index in [0.29, 0.717) is 6.61 Å². The highest BCUT2D eigenvalue weighted by Crippen LogP contribution is 2.26. The summed E-state index contributed by atoms with van der Waals surface area (Å²) in [4.78, 5) is 8.06. The van der Waals surface area contributed by atoms with Gasteiger partial charge in [0.25, 0.3) is 0 Å². The Morgan fingerprint density at radius 2 is 2.20 bits per heavy atom. The van der Waals surface area contributed by atoms with Crippen molar-refractivity contribution in [2.24, 2.45) is 0 Å². The molecule has 1 fully saturated rings. The van der Waals surface area contributed by atoms with Gasteiger partial charge in [0.2, 0.25) is 0 Å². The molecule has 0 aromatic carbocycles. The predicted molar refractivity (Wildman–Crippen MR) is 60.6 cm³/mol. The maximum Gasteiger partial charge on any atom is 0.186 e. The van der Waals surface area contributed by atoms with E-state index in [4.69, 9.17) is 9.47 Å². The molecule has 0 N–H and O–H groups in total. The first-order chi connectivity index (χ1) is 7.31. The van der Waals surface area contributed by atoms with Crippen molar-refractivity contribution in [2.45, 2.75) is 13.5 Å². The number of methoxy groups -OCH3 is 1. The van der Waals surface area contributed by atoms with E-state index in [1.807, 2.05) is 6.92 Å². The predicted octanol–water partition coefficient (Wildman–Crippen LogP) is 1.43. The molecule has 0 spiro atoms. The third-order valence-corrected chi connectivity index (χ3v) is 3.63. The van der Waals surface area contributed by atoms with Gasteiger partial charge in [0.15, 0.2) is 5.13 Å². The zero-order valence-electron chi connectivity index (χ0n) is 9.15.